The van der Waals surface area contributed by atoms with Gasteiger partial charge in [0.05, 0.1) is 11.5 Å². The smallest absolute Gasteiger partial charge is 0.323 e. The van der Waals surface area contributed by atoms with E-state index in [0.29, 0.717) is 5.69 Å². The van der Waals surface area contributed by atoms with Gasteiger partial charge in [0.25, 0.3) is 0 Å². The molecule has 0 unspecified atom stereocenters. The number of carboxylic acid groups (broad SMARTS) is 1. The van der Waals surface area contributed by atoms with Gasteiger partial charge in [-0.2, -0.15) is 0 Å². The molecule has 0 radical (unpaired) electrons. The van der Waals surface area contributed by atoms with Crippen molar-refractivity contribution in [2.75, 3.05) is 23.4 Å². The van der Waals surface area contributed by atoms with E-state index in [2.05, 4.69) is 5.32 Å². The summed E-state index contributed by atoms with van der Waals surface area (Å²) in [7, 11) is 0. The van der Waals surface area contributed by atoms with E-state index in [1.54, 1.807) is 13.8 Å². The van der Waals surface area contributed by atoms with Crippen LogP contribution < -0.4 is 5.32 Å². The van der Waals surface area contributed by atoms with Gasteiger partial charge in [0.2, 0.25) is 11.8 Å². The van der Waals surface area contributed by atoms with Crippen molar-refractivity contribution in [1.29, 1.82) is 0 Å². The zero-order valence-corrected chi connectivity index (χ0v) is 14.4. The maximum Gasteiger partial charge on any atom is 0.323 e. The maximum atomic E-state index is 12.0. The summed E-state index contributed by atoms with van der Waals surface area (Å²) in [6.07, 6.45) is 0. The summed E-state index contributed by atoms with van der Waals surface area (Å²) in [6.45, 7) is 5.16. The molecular weight excluding hydrogens is 316 g/mol. The number of nitrogens with one attached hydrogen (secondary N) is 1. The zero-order chi connectivity index (χ0) is 17.4. The predicted molar refractivity (Wildman–Crippen MR) is 91.6 cm³/mol. The van der Waals surface area contributed by atoms with Gasteiger partial charge in [0.15, 0.2) is 0 Å². The number of carboxylic acids is 1. The fourth-order valence-corrected chi connectivity index (χ4v) is 2.55. The van der Waals surface area contributed by atoms with Crippen molar-refractivity contribution in [2.24, 2.45) is 0 Å². The minimum absolute atomic E-state index is 0.0762. The molecule has 0 fully saturated rings. The number of carbonyl (C=O) groups excluding carboxylic acids is 2. The lowest BCUT2D eigenvalue weighted by Crippen LogP contribution is -2.41. The number of aryl methyl sites for hydroxylation is 1. The van der Waals surface area contributed by atoms with E-state index in [-0.39, 0.29) is 35.9 Å². The highest BCUT2D eigenvalue weighted by Gasteiger charge is 2.19. The average Bonchev–Trinajstić information content (AvgIpc) is 2.46. The molecule has 6 nitrogen and oxygen atoms in total. The Hall–Kier alpha value is -2.02. The second-order valence-corrected chi connectivity index (χ2v) is 6.40. The van der Waals surface area contributed by atoms with E-state index in [9.17, 15) is 14.4 Å². The number of thioether (sulfide) groups is 1. The third-order valence-electron chi connectivity index (χ3n) is 3.04. The monoisotopic (exact) mass is 338 g/mol. The number of hydrogen-bond donors (Lipinski definition) is 2. The van der Waals surface area contributed by atoms with Crippen molar-refractivity contribution in [3.05, 3.63) is 29.8 Å². The molecule has 7 heteroatoms. The average molecular weight is 338 g/mol. The van der Waals surface area contributed by atoms with Gasteiger partial charge in [-0.25, -0.2) is 0 Å². The summed E-state index contributed by atoms with van der Waals surface area (Å²) >= 11 is 1.17. The molecule has 2 N–H and O–H groups in total. The first-order valence-corrected chi connectivity index (χ1v) is 8.40. The first-order chi connectivity index (χ1) is 10.8. The molecule has 1 aromatic carbocycles. The molecule has 1 rings (SSSR count). The van der Waals surface area contributed by atoms with Crippen LogP contribution in [0.2, 0.25) is 0 Å². The van der Waals surface area contributed by atoms with Gasteiger partial charge in [-0.3, -0.25) is 14.4 Å². The topological polar surface area (TPSA) is 86.7 Å². The maximum absolute atomic E-state index is 12.0. The highest BCUT2D eigenvalue weighted by Crippen LogP contribution is 2.11. The summed E-state index contributed by atoms with van der Waals surface area (Å²) in [4.78, 5) is 35.9. The Labute approximate surface area is 140 Å². The van der Waals surface area contributed by atoms with Crippen LogP contribution in [0.5, 0.6) is 0 Å². The highest BCUT2D eigenvalue weighted by molar-refractivity contribution is 8.00. The van der Waals surface area contributed by atoms with Crippen molar-refractivity contribution in [3.63, 3.8) is 0 Å². The number of benzene rings is 1. The van der Waals surface area contributed by atoms with E-state index in [4.69, 9.17) is 5.11 Å². The van der Waals surface area contributed by atoms with Gasteiger partial charge in [0.1, 0.15) is 6.54 Å². The molecule has 0 spiro atoms. The lowest BCUT2D eigenvalue weighted by Gasteiger charge is -2.24. The largest absolute Gasteiger partial charge is 0.480 e. The molecule has 0 saturated heterocycles. The van der Waals surface area contributed by atoms with Crippen LogP contribution in [0.15, 0.2) is 24.3 Å². The Morgan fingerprint density at radius 2 is 1.78 bits per heavy atom. The third kappa shape index (κ3) is 7.19. The van der Waals surface area contributed by atoms with Crippen LogP contribution in [0.25, 0.3) is 0 Å². The Morgan fingerprint density at radius 3 is 2.30 bits per heavy atom. The minimum atomic E-state index is -1.05. The third-order valence-corrected chi connectivity index (χ3v) is 3.96. The molecular formula is C16H22N2O4S. The number of aliphatic carboxylic acids is 1. The fraction of sp³-hybridized carbons (Fsp3) is 0.438. The van der Waals surface area contributed by atoms with Crippen molar-refractivity contribution in [1.82, 2.24) is 4.90 Å². The molecule has 0 aliphatic rings. The van der Waals surface area contributed by atoms with Crippen LogP contribution in [0.1, 0.15) is 19.4 Å². The van der Waals surface area contributed by atoms with E-state index < -0.39 is 5.97 Å². The van der Waals surface area contributed by atoms with Gasteiger partial charge >= 0.3 is 5.97 Å². The molecule has 0 aromatic heterocycles. The van der Waals surface area contributed by atoms with E-state index in [1.165, 1.54) is 16.7 Å². The quantitative estimate of drug-likeness (QED) is 0.757. The van der Waals surface area contributed by atoms with Crippen LogP contribution in [-0.4, -0.2) is 51.9 Å². The van der Waals surface area contributed by atoms with Crippen molar-refractivity contribution in [2.45, 2.75) is 26.8 Å². The van der Waals surface area contributed by atoms with Crippen molar-refractivity contribution >= 4 is 35.2 Å². The number of nitrogens with zero attached hydrogens (tertiary/aromatic N) is 1. The van der Waals surface area contributed by atoms with E-state index in [0.717, 1.165) is 5.56 Å². The van der Waals surface area contributed by atoms with Gasteiger partial charge < -0.3 is 15.3 Å². The van der Waals surface area contributed by atoms with Crippen LogP contribution in [0.3, 0.4) is 0 Å². The fourth-order valence-electron chi connectivity index (χ4n) is 1.85. The minimum Gasteiger partial charge on any atom is -0.480 e. The molecule has 0 atom stereocenters. The lowest BCUT2D eigenvalue weighted by molar-refractivity contribution is -0.144. The molecule has 126 valence electrons. The molecule has 0 saturated carbocycles. The van der Waals surface area contributed by atoms with E-state index >= 15 is 0 Å². The molecule has 23 heavy (non-hydrogen) atoms. The van der Waals surface area contributed by atoms with Crippen molar-refractivity contribution < 1.29 is 19.5 Å². The summed E-state index contributed by atoms with van der Waals surface area (Å²) < 4.78 is 0. The molecule has 0 bridgehead atoms. The molecule has 2 amide bonds. The molecule has 0 aliphatic carbocycles. The second kappa shape index (κ2) is 9.19. The first kappa shape index (κ1) is 19.0. The van der Waals surface area contributed by atoms with Crippen LogP contribution in [0, 0.1) is 6.92 Å². The highest BCUT2D eigenvalue weighted by atomic mass is 32.2. The van der Waals surface area contributed by atoms with Gasteiger partial charge in [-0.1, -0.05) is 17.7 Å². The summed E-state index contributed by atoms with van der Waals surface area (Å²) in [6, 6.07) is 7.24. The van der Waals surface area contributed by atoms with Gasteiger partial charge in [-0.05, 0) is 32.9 Å². The van der Waals surface area contributed by atoms with Gasteiger partial charge in [-0.15, -0.1) is 11.8 Å². The number of anilines is 1. The van der Waals surface area contributed by atoms with Crippen LogP contribution in [0.4, 0.5) is 5.69 Å². The lowest BCUT2D eigenvalue weighted by atomic mass is 10.2. The van der Waals surface area contributed by atoms with Crippen molar-refractivity contribution in [3.8, 4) is 0 Å². The number of hydrogen-bond acceptors (Lipinski definition) is 4. The Bertz CT molecular complexity index is 558. The summed E-state index contributed by atoms with van der Waals surface area (Å²) in [5, 5.41) is 11.6. The Kier molecular flexibility index (Phi) is 7.61. The first-order valence-electron chi connectivity index (χ1n) is 7.25. The van der Waals surface area contributed by atoms with Crippen LogP contribution in [-0.2, 0) is 14.4 Å². The van der Waals surface area contributed by atoms with Crippen LogP contribution >= 0.6 is 11.8 Å². The molecule has 0 aliphatic heterocycles. The Morgan fingerprint density at radius 1 is 1.17 bits per heavy atom. The second-order valence-electron chi connectivity index (χ2n) is 5.42. The standard InChI is InChI=1S/C16H22N2O4S/c1-11(2)18(8-16(21)22)15(20)10-23-9-14(19)17-13-6-4-12(3)5-7-13/h4-7,11H,8-10H2,1-3H3,(H,17,19)(H,21,22). The SMILES string of the molecule is Cc1ccc(NC(=O)CSCC(=O)N(CC(=O)O)C(C)C)cc1. The number of rotatable bonds is 8. The number of carbonyl (C=O) groups is 3. The molecule has 0 heterocycles. The molecule has 1 aromatic rings. The van der Waals surface area contributed by atoms with Gasteiger partial charge in [0, 0.05) is 11.7 Å². The predicted octanol–water partition coefficient (Wildman–Crippen LogP) is 1.99. The zero-order valence-electron chi connectivity index (χ0n) is 13.5. The normalized spacial score (nSPS) is 10.4. The number of amides is 2. The van der Waals surface area contributed by atoms with E-state index in [1.807, 2.05) is 31.2 Å². The summed E-state index contributed by atoms with van der Waals surface area (Å²) in [5.74, 6) is -1.31. The Balaban J connectivity index is 2.39. The summed E-state index contributed by atoms with van der Waals surface area (Å²) in [5.41, 5.74) is 1.82.